The van der Waals surface area contributed by atoms with Crippen LogP contribution in [0.2, 0.25) is 0 Å². The molecule has 0 saturated carbocycles. The van der Waals surface area contributed by atoms with Crippen LogP contribution in [0.1, 0.15) is 45.4 Å². The van der Waals surface area contributed by atoms with Gasteiger partial charge in [-0.3, -0.25) is 4.79 Å². The Morgan fingerprint density at radius 2 is 2.24 bits per heavy atom. The lowest BCUT2D eigenvalue weighted by molar-refractivity contribution is -0.118. The van der Waals surface area contributed by atoms with E-state index in [2.05, 4.69) is 14.8 Å². The summed E-state index contributed by atoms with van der Waals surface area (Å²) < 4.78 is 2.19. The molecule has 1 aliphatic rings. The lowest BCUT2D eigenvalue weighted by Gasteiger charge is -2.10. The standard InChI is InChI=1S/C12H19N3OS/c1-3-10(16)9(2)17-12-14-13-11-7-5-4-6-8-15(11)12/h9H,3-8H2,1-2H3. The molecule has 4 nitrogen and oxygen atoms in total. The first kappa shape index (κ1) is 12.6. The van der Waals surface area contributed by atoms with Gasteiger partial charge in [-0.25, -0.2) is 0 Å². The zero-order valence-electron chi connectivity index (χ0n) is 10.5. The van der Waals surface area contributed by atoms with Gasteiger partial charge in [-0.15, -0.1) is 10.2 Å². The van der Waals surface area contributed by atoms with Gasteiger partial charge in [0, 0.05) is 19.4 Å². The van der Waals surface area contributed by atoms with E-state index in [0.29, 0.717) is 6.42 Å². The second-order valence-corrected chi connectivity index (χ2v) is 5.75. The zero-order chi connectivity index (χ0) is 12.3. The molecule has 2 heterocycles. The first-order chi connectivity index (χ1) is 8.22. The van der Waals surface area contributed by atoms with Crippen molar-refractivity contribution in [2.75, 3.05) is 0 Å². The van der Waals surface area contributed by atoms with E-state index < -0.39 is 0 Å². The van der Waals surface area contributed by atoms with E-state index in [9.17, 15) is 4.79 Å². The minimum atomic E-state index is -0.0171. The number of carbonyl (C=O) groups excluding carboxylic acids is 1. The monoisotopic (exact) mass is 253 g/mol. The molecule has 1 aromatic rings. The van der Waals surface area contributed by atoms with Crippen molar-refractivity contribution in [3.8, 4) is 0 Å². The summed E-state index contributed by atoms with van der Waals surface area (Å²) in [6.45, 7) is 4.86. The van der Waals surface area contributed by atoms with E-state index in [4.69, 9.17) is 0 Å². The van der Waals surface area contributed by atoms with Gasteiger partial charge in [-0.1, -0.05) is 25.1 Å². The summed E-state index contributed by atoms with van der Waals surface area (Å²) in [5, 5.41) is 9.35. The molecule has 0 spiro atoms. The topological polar surface area (TPSA) is 47.8 Å². The molecule has 0 aliphatic carbocycles. The Bertz CT molecular complexity index is 402. The maximum absolute atomic E-state index is 11.6. The van der Waals surface area contributed by atoms with Crippen LogP contribution in [0.4, 0.5) is 0 Å². The molecule has 0 aromatic carbocycles. The predicted molar refractivity (Wildman–Crippen MR) is 68.2 cm³/mol. The van der Waals surface area contributed by atoms with Crippen molar-refractivity contribution in [3.05, 3.63) is 5.82 Å². The number of aryl methyl sites for hydroxylation is 1. The molecule has 0 amide bonds. The van der Waals surface area contributed by atoms with Crippen molar-refractivity contribution in [3.63, 3.8) is 0 Å². The maximum Gasteiger partial charge on any atom is 0.191 e. The number of rotatable bonds is 4. The number of fused-ring (bicyclic) bond motifs is 1. The van der Waals surface area contributed by atoms with Gasteiger partial charge in [-0.05, 0) is 19.8 Å². The Labute approximate surface area is 106 Å². The average Bonchev–Trinajstić information content (AvgIpc) is 2.58. The number of hydrogen-bond acceptors (Lipinski definition) is 4. The van der Waals surface area contributed by atoms with Crippen LogP contribution in [0, 0.1) is 0 Å². The van der Waals surface area contributed by atoms with Crippen LogP contribution in [0.5, 0.6) is 0 Å². The molecule has 0 fully saturated rings. The van der Waals surface area contributed by atoms with Crippen molar-refractivity contribution in [1.29, 1.82) is 0 Å². The van der Waals surface area contributed by atoms with Crippen LogP contribution in [0.25, 0.3) is 0 Å². The third-order valence-electron chi connectivity index (χ3n) is 3.16. The first-order valence-corrected chi connectivity index (χ1v) is 7.21. The van der Waals surface area contributed by atoms with Crippen molar-refractivity contribution in [2.45, 2.75) is 62.9 Å². The molecule has 5 heteroatoms. The molecule has 94 valence electrons. The molecule has 1 unspecified atom stereocenters. The Balaban J connectivity index is 2.11. The normalized spacial score (nSPS) is 17.3. The summed E-state index contributed by atoms with van der Waals surface area (Å²) in [6.07, 6.45) is 5.26. The largest absolute Gasteiger partial charge is 0.306 e. The second-order valence-electron chi connectivity index (χ2n) is 4.44. The Morgan fingerprint density at radius 3 is 3.00 bits per heavy atom. The van der Waals surface area contributed by atoms with Gasteiger partial charge in [0.1, 0.15) is 11.6 Å². The van der Waals surface area contributed by atoms with Crippen molar-refractivity contribution in [1.82, 2.24) is 14.8 Å². The molecule has 0 radical (unpaired) electrons. The van der Waals surface area contributed by atoms with E-state index in [1.165, 1.54) is 19.3 Å². The fraction of sp³-hybridized carbons (Fsp3) is 0.750. The van der Waals surface area contributed by atoms with Gasteiger partial charge in [0.15, 0.2) is 5.16 Å². The van der Waals surface area contributed by atoms with E-state index >= 15 is 0 Å². The highest BCUT2D eigenvalue weighted by atomic mass is 32.2. The van der Waals surface area contributed by atoms with E-state index in [1.54, 1.807) is 11.8 Å². The van der Waals surface area contributed by atoms with Gasteiger partial charge in [-0.2, -0.15) is 0 Å². The fourth-order valence-electron chi connectivity index (χ4n) is 2.06. The van der Waals surface area contributed by atoms with E-state index in [-0.39, 0.29) is 11.0 Å². The van der Waals surface area contributed by atoms with Gasteiger partial charge in [0.25, 0.3) is 0 Å². The highest BCUT2D eigenvalue weighted by Crippen LogP contribution is 2.25. The van der Waals surface area contributed by atoms with Crippen LogP contribution >= 0.6 is 11.8 Å². The minimum absolute atomic E-state index is 0.0171. The van der Waals surface area contributed by atoms with Gasteiger partial charge in [0.2, 0.25) is 0 Å². The molecular weight excluding hydrogens is 234 g/mol. The molecule has 17 heavy (non-hydrogen) atoms. The lowest BCUT2D eigenvalue weighted by Crippen LogP contribution is -2.13. The summed E-state index contributed by atoms with van der Waals surface area (Å²) in [5.41, 5.74) is 0. The summed E-state index contributed by atoms with van der Waals surface area (Å²) in [6, 6.07) is 0. The molecule has 1 aliphatic heterocycles. The fourth-order valence-corrected chi connectivity index (χ4v) is 3.08. The molecular formula is C12H19N3OS. The first-order valence-electron chi connectivity index (χ1n) is 6.33. The number of ketones is 1. The van der Waals surface area contributed by atoms with Crippen LogP contribution < -0.4 is 0 Å². The van der Waals surface area contributed by atoms with E-state index in [0.717, 1.165) is 23.9 Å². The van der Waals surface area contributed by atoms with Crippen LogP contribution in [-0.2, 0) is 17.8 Å². The highest BCUT2D eigenvalue weighted by molar-refractivity contribution is 8.00. The summed E-state index contributed by atoms with van der Waals surface area (Å²) in [7, 11) is 0. The Kier molecular flexibility index (Phi) is 4.20. The highest BCUT2D eigenvalue weighted by Gasteiger charge is 2.19. The van der Waals surface area contributed by atoms with Crippen molar-refractivity contribution >= 4 is 17.5 Å². The minimum Gasteiger partial charge on any atom is -0.306 e. The summed E-state index contributed by atoms with van der Waals surface area (Å²) in [4.78, 5) is 11.6. The van der Waals surface area contributed by atoms with Crippen LogP contribution in [0.15, 0.2) is 5.16 Å². The van der Waals surface area contributed by atoms with Crippen LogP contribution in [0.3, 0.4) is 0 Å². The van der Waals surface area contributed by atoms with Gasteiger partial charge < -0.3 is 4.57 Å². The predicted octanol–water partition coefficient (Wildman–Crippen LogP) is 2.46. The molecule has 0 N–H and O–H groups in total. The molecule has 1 atom stereocenters. The third-order valence-corrected chi connectivity index (χ3v) is 4.29. The number of carbonyl (C=O) groups is 1. The Hall–Kier alpha value is -0.840. The number of thioether (sulfide) groups is 1. The molecule has 0 saturated heterocycles. The van der Waals surface area contributed by atoms with Gasteiger partial charge in [0.05, 0.1) is 5.25 Å². The summed E-state index contributed by atoms with van der Waals surface area (Å²) in [5.74, 6) is 1.36. The number of Topliss-reactive ketones (excluding diaryl/α,β-unsaturated/α-hetero) is 1. The molecule has 1 aromatic heterocycles. The Morgan fingerprint density at radius 1 is 1.41 bits per heavy atom. The number of nitrogens with zero attached hydrogens (tertiary/aromatic N) is 3. The quantitative estimate of drug-likeness (QED) is 0.773. The SMILES string of the molecule is CCC(=O)C(C)Sc1nnc2n1CCCCC2. The third kappa shape index (κ3) is 2.89. The smallest absolute Gasteiger partial charge is 0.191 e. The summed E-state index contributed by atoms with van der Waals surface area (Å²) >= 11 is 1.55. The molecule has 0 bridgehead atoms. The van der Waals surface area contributed by atoms with Gasteiger partial charge >= 0.3 is 0 Å². The maximum atomic E-state index is 11.6. The zero-order valence-corrected chi connectivity index (χ0v) is 11.3. The second kappa shape index (κ2) is 5.67. The number of hydrogen-bond donors (Lipinski definition) is 0. The van der Waals surface area contributed by atoms with Crippen LogP contribution in [-0.4, -0.2) is 25.8 Å². The average molecular weight is 253 g/mol. The van der Waals surface area contributed by atoms with Crippen molar-refractivity contribution < 1.29 is 4.79 Å². The molecule has 2 rings (SSSR count). The van der Waals surface area contributed by atoms with Crippen molar-refractivity contribution in [2.24, 2.45) is 0 Å². The lowest BCUT2D eigenvalue weighted by atomic mass is 10.2. The number of aromatic nitrogens is 3. The van der Waals surface area contributed by atoms with E-state index in [1.807, 2.05) is 13.8 Å².